The van der Waals surface area contributed by atoms with Crippen LogP contribution in [0.5, 0.6) is 0 Å². The standard InChI is InChI=1S/C10H17F2N/c1-8(9(11)12)13-7-5-6-10(2,3)4/h8-9,13H,7H2,1-4H3. The average molecular weight is 189 g/mol. The van der Waals surface area contributed by atoms with Gasteiger partial charge in [0.1, 0.15) is 0 Å². The highest BCUT2D eigenvalue weighted by molar-refractivity contribution is 5.08. The van der Waals surface area contributed by atoms with E-state index in [1.807, 2.05) is 20.8 Å². The molecule has 3 heteroatoms. The Morgan fingerprint density at radius 2 is 1.85 bits per heavy atom. The van der Waals surface area contributed by atoms with Gasteiger partial charge < -0.3 is 0 Å². The van der Waals surface area contributed by atoms with Crippen LogP contribution in [-0.2, 0) is 0 Å². The quantitative estimate of drug-likeness (QED) is 0.672. The third-order valence-electron chi connectivity index (χ3n) is 1.35. The summed E-state index contributed by atoms with van der Waals surface area (Å²) >= 11 is 0. The topological polar surface area (TPSA) is 12.0 Å². The van der Waals surface area contributed by atoms with Gasteiger partial charge in [0.05, 0.1) is 12.6 Å². The van der Waals surface area contributed by atoms with Gasteiger partial charge in [-0.2, -0.15) is 0 Å². The molecule has 1 atom stereocenters. The molecule has 76 valence electrons. The summed E-state index contributed by atoms with van der Waals surface area (Å²) in [6, 6.07) is -0.783. The fraction of sp³-hybridized carbons (Fsp3) is 0.800. The van der Waals surface area contributed by atoms with Crippen molar-refractivity contribution in [3.05, 3.63) is 0 Å². The molecule has 0 spiro atoms. The summed E-state index contributed by atoms with van der Waals surface area (Å²) in [5.74, 6) is 5.78. The van der Waals surface area contributed by atoms with Crippen LogP contribution < -0.4 is 5.32 Å². The molecule has 0 radical (unpaired) electrons. The maximum Gasteiger partial charge on any atom is 0.253 e. The van der Waals surface area contributed by atoms with Crippen molar-refractivity contribution in [1.82, 2.24) is 5.32 Å². The van der Waals surface area contributed by atoms with E-state index >= 15 is 0 Å². The minimum absolute atomic E-state index is 0.0598. The van der Waals surface area contributed by atoms with E-state index in [9.17, 15) is 8.78 Å². The summed E-state index contributed by atoms with van der Waals surface area (Å²) in [4.78, 5) is 0. The number of alkyl halides is 2. The van der Waals surface area contributed by atoms with Gasteiger partial charge in [0.15, 0.2) is 0 Å². The van der Waals surface area contributed by atoms with Gasteiger partial charge >= 0.3 is 0 Å². The zero-order valence-corrected chi connectivity index (χ0v) is 8.62. The first-order chi connectivity index (χ1) is 5.83. The molecule has 0 aliphatic rings. The molecule has 0 saturated carbocycles. The van der Waals surface area contributed by atoms with E-state index in [1.165, 1.54) is 6.92 Å². The van der Waals surface area contributed by atoms with E-state index in [2.05, 4.69) is 17.2 Å². The van der Waals surface area contributed by atoms with Gasteiger partial charge in [0, 0.05) is 5.41 Å². The first-order valence-electron chi connectivity index (χ1n) is 4.34. The van der Waals surface area contributed by atoms with Gasteiger partial charge in [-0.05, 0) is 27.7 Å². The molecule has 0 aliphatic carbocycles. The van der Waals surface area contributed by atoms with E-state index in [0.29, 0.717) is 6.54 Å². The zero-order chi connectivity index (χ0) is 10.5. The van der Waals surface area contributed by atoms with Crippen molar-refractivity contribution < 1.29 is 8.78 Å². The summed E-state index contributed by atoms with van der Waals surface area (Å²) in [6.07, 6.45) is -2.32. The van der Waals surface area contributed by atoms with Crippen LogP contribution in [0, 0.1) is 17.3 Å². The summed E-state index contributed by atoms with van der Waals surface area (Å²) < 4.78 is 24.0. The maximum atomic E-state index is 12.0. The molecule has 1 unspecified atom stereocenters. The maximum absolute atomic E-state index is 12.0. The summed E-state index contributed by atoms with van der Waals surface area (Å²) in [6.45, 7) is 7.72. The zero-order valence-electron chi connectivity index (χ0n) is 8.62. The van der Waals surface area contributed by atoms with Crippen LogP contribution in [0.25, 0.3) is 0 Å². The van der Waals surface area contributed by atoms with Crippen LogP contribution >= 0.6 is 0 Å². The fourth-order valence-electron chi connectivity index (χ4n) is 0.610. The molecule has 0 fully saturated rings. The molecule has 0 aromatic heterocycles. The molecular weight excluding hydrogens is 172 g/mol. The highest BCUT2D eigenvalue weighted by Gasteiger charge is 2.12. The Kier molecular flexibility index (Phi) is 4.94. The number of halogens is 2. The van der Waals surface area contributed by atoms with E-state index in [-0.39, 0.29) is 5.41 Å². The average Bonchev–Trinajstić information content (AvgIpc) is 1.95. The Hall–Kier alpha value is -0.620. The predicted molar refractivity (Wildman–Crippen MR) is 50.7 cm³/mol. The predicted octanol–water partition coefficient (Wildman–Crippen LogP) is 2.28. The normalized spacial score (nSPS) is 13.8. The summed E-state index contributed by atoms with van der Waals surface area (Å²) in [5.41, 5.74) is -0.0598. The van der Waals surface area contributed by atoms with Crippen molar-refractivity contribution in [1.29, 1.82) is 0 Å². The first-order valence-corrected chi connectivity index (χ1v) is 4.34. The summed E-state index contributed by atoms with van der Waals surface area (Å²) in [5, 5.41) is 2.63. The van der Waals surface area contributed by atoms with Crippen LogP contribution in [0.1, 0.15) is 27.7 Å². The van der Waals surface area contributed by atoms with Gasteiger partial charge in [0.25, 0.3) is 6.43 Å². The highest BCUT2D eigenvalue weighted by atomic mass is 19.3. The molecule has 13 heavy (non-hydrogen) atoms. The third-order valence-corrected chi connectivity index (χ3v) is 1.35. The molecule has 0 heterocycles. The number of rotatable bonds is 3. The number of nitrogens with one attached hydrogen (secondary N) is 1. The minimum Gasteiger partial charge on any atom is -0.298 e. The van der Waals surface area contributed by atoms with E-state index < -0.39 is 12.5 Å². The van der Waals surface area contributed by atoms with E-state index in [0.717, 1.165) is 0 Å². The van der Waals surface area contributed by atoms with Crippen molar-refractivity contribution in [3.8, 4) is 11.8 Å². The summed E-state index contributed by atoms with van der Waals surface area (Å²) in [7, 11) is 0. The second-order valence-corrected chi connectivity index (χ2v) is 4.06. The SMILES string of the molecule is CC(NCC#CC(C)(C)C)C(F)F. The Balaban J connectivity index is 3.72. The van der Waals surface area contributed by atoms with Gasteiger partial charge in [-0.25, -0.2) is 8.78 Å². The van der Waals surface area contributed by atoms with Gasteiger partial charge in [0.2, 0.25) is 0 Å². The minimum atomic E-state index is -2.32. The monoisotopic (exact) mass is 189 g/mol. The van der Waals surface area contributed by atoms with Gasteiger partial charge in [-0.1, -0.05) is 11.8 Å². The molecule has 0 aliphatic heterocycles. The smallest absolute Gasteiger partial charge is 0.253 e. The largest absolute Gasteiger partial charge is 0.298 e. The number of hydrogen-bond donors (Lipinski definition) is 1. The lowest BCUT2D eigenvalue weighted by Crippen LogP contribution is -2.32. The lowest BCUT2D eigenvalue weighted by molar-refractivity contribution is 0.108. The Bertz CT molecular complexity index is 195. The van der Waals surface area contributed by atoms with Crippen LogP contribution in [0.3, 0.4) is 0 Å². The molecule has 0 rings (SSSR count). The molecule has 0 aromatic rings. The second kappa shape index (κ2) is 5.18. The van der Waals surface area contributed by atoms with Crippen molar-refractivity contribution in [2.45, 2.75) is 40.2 Å². The molecule has 1 nitrogen and oxygen atoms in total. The Morgan fingerprint density at radius 1 is 1.31 bits per heavy atom. The molecule has 0 bridgehead atoms. The lowest BCUT2D eigenvalue weighted by atomic mass is 9.98. The first kappa shape index (κ1) is 12.4. The van der Waals surface area contributed by atoms with Crippen LogP contribution in [-0.4, -0.2) is 19.0 Å². The Labute approximate surface area is 78.9 Å². The molecule has 0 amide bonds. The van der Waals surface area contributed by atoms with Crippen molar-refractivity contribution in [2.24, 2.45) is 5.41 Å². The van der Waals surface area contributed by atoms with Gasteiger partial charge in [-0.3, -0.25) is 5.32 Å². The number of hydrogen-bond acceptors (Lipinski definition) is 1. The van der Waals surface area contributed by atoms with E-state index in [1.54, 1.807) is 0 Å². The fourth-order valence-corrected chi connectivity index (χ4v) is 0.610. The van der Waals surface area contributed by atoms with Crippen LogP contribution in [0.4, 0.5) is 8.78 Å². The van der Waals surface area contributed by atoms with Crippen molar-refractivity contribution in [3.63, 3.8) is 0 Å². The van der Waals surface area contributed by atoms with Crippen LogP contribution in [0.2, 0.25) is 0 Å². The van der Waals surface area contributed by atoms with Gasteiger partial charge in [-0.15, -0.1) is 0 Å². The van der Waals surface area contributed by atoms with Crippen molar-refractivity contribution >= 4 is 0 Å². The highest BCUT2D eigenvalue weighted by Crippen LogP contribution is 2.09. The van der Waals surface area contributed by atoms with E-state index in [4.69, 9.17) is 0 Å². The van der Waals surface area contributed by atoms with Crippen molar-refractivity contribution in [2.75, 3.05) is 6.54 Å². The lowest BCUT2D eigenvalue weighted by Gasteiger charge is -2.10. The molecule has 1 N–H and O–H groups in total. The second-order valence-electron chi connectivity index (χ2n) is 4.06. The molecule has 0 saturated heterocycles. The Morgan fingerprint density at radius 3 is 2.23 bits per heavy atom. The molecule has 0 aromatic carbocycles. The third kappa shape index (κ3) is 7.73. The molecular formula is C10H17F2N. The van der Waals surface area contributed by atoms with Crippen LogP contribution in [0.15, 0.2) is 0 Å².